The molecule has 0 aromatic heterocycles. The molecule has 33 heavy (non-hydrogen) atoms. The van der Waals surface area contributed by atoms with E-state index in [1.807, 2.05) is 31.2 Å². The minimum Gasteiger partial charge on any atom is -0.467 e. The van der Waals surface area contributed by atoms with E-state index in [1.165, 1.54) is 41.3 Å². The van der Waals surface area contributed by atoms with Gasteiger partial charge in [-0.1, -0.05) is 18.2 Å². The molecule has 2 aliphatic rings. The number of hydrogen-bond donors (Lipinski definition) is 0. The predicted octanol–water partition coefficient (Wildman–Crippen LogP) is 5.22. The van der Waals surface area contributed by atoms with Crippen molar-refractivity contribution in [3.63, 3.8) is 0 Å². The molecule has 2 unspecified atom stereocenters. The zero-order valence-electron chi connectivity index (χ0n) is 17.5. The molecule has 0 aliphatic carbocycles. The molecule has 3 aromatic rings. The van der Waals surface area contributed by atoms with Crippen LogP contribution < -0.4 is 9.64 Å². The number of para-hydroxylation sites is 1. The van der Waals surface area contributed by atoms with Gasteiger partial charge in [-0.2, -0.15) is 0 Å². The van der Waals surface area contributed by atoms with E-state index in [-0.39, 0.29) is 22.3 Å². The fourth-order valence-corrected chi connectivity index (χ4v) is 4.98. The van der Waals surface area contributed by atoms with Gasteiger partial charge in [0.15, 0.2) is 10.8 Å². The second-order valence-corrected chi connectivity index (χ2v) is 8.47. The number of non-ortho nitro benzene ring substituents is 1. The van der Waals surface area contributed by atoms with Gasteiger partial charge in [-0.05, 0) is 61.6 Å². The normalized spacial score (nSPS) is 21.3. The lowest BCUT2D eigenvalue weighted by Crippen LogP contribution is -2.67. The molecule has 1 fully saturated rings. The molecule has 2 bridgehead atoms. The van der Waals surface area contributed by atoms with Crippen LogP contribution in [0.25, 0.3) is 0 Å². The average molecular weight is 463 g/mol. The molecule has 2 atom stereocenters. The van der Waals surface area contributed by atoms with Crippen molar-refractivity contribution in [1.29, 1.82) is 0 Å². The Morgan fingerprint density at radius 3 is 2.45 bits per heavy atom. The van der Waals surface area contributed by atoms with Gasteiger partial charge in [0, 0.05) is 35.4 Å². The molecular weight excluding hydrogens is 445 g/mol. The lowest BCUT2D eigenvalue weighted by atomic mass is 9.88. The van der Waals surface area contributed by atoms with Crippen LogP contribution in [0.5, 0.6) is 5.75 Å². The third kappa shape index (κ3) is 3.41. The highest BCUT2D eigenvalue weighted by Crippen LogP contribution is 2.49. The van der Waals surface area contributed by atoms with Crippen molar-refractivity contribution in [3.05, 3.63) is 99.9 Å². The summed E-state index contributed by atoms with van der Waals surface area (Å²) in [4.78, 5) is 27.4. The van der Waals surface area contributed by atoms with Crippen molar-refractivity contribution in [3.8, 4) is 5.75 Å². The van der Waals surface area contributed by atoms with Crippen LogP contribution in [0, 0.1) is 15.9 Å². The Morgan fingerprint density at radius 1 is 1.12 bits per heavy atom. The summed E-state index contributed by atoms with van der Waals surface area (Å²) in [6, 6.07) is 18.3. The summed E-state index contributed by atoms with van der Waals surface area (Å²) in [5.74, 6) is -0.142. The number of benzene rings is 3. The maximum Gasteiger partial charge on any atom is 0.269 e. The van der Waals surface area contributed by atoms with Gasteiger partial charge >= 0.3 is 0 Å². The molecule has 2 heterocycles. The number of hydrogen-bond acceptors (Lipinski definition) is 5. The van der Waals surface area contributed by atoms with Crippen molar-refractivity contribution in [2.24, 2.45) is 0 Å². The number of nitrogens with zero attached hydrogens (tertiary/aromatic N) is 3. The minimum atomic E-state index is -0.903. The summed E-state index contributed by atoms with van der Waals surface area (Å²) in [7, 11) is 0. The van der Waals surface area contributed by atoms with E-state index in [1.54, 1.807) is 17.0 Å². The summed E-state index contributed by atoms with van der Waals surface area (Å²) >= 11 is 5.81. The standard InChI is InChI=1S/C24H18FN3O4S/c1-24-14-20(19-4-2-3-5-21(19)32-24)26(22(29)15-6-10-18(11-7-15)28(30)31)23(33)27(24)17-12-8-16(25)9-13-17/h2-13,20H,14H2,1H3. The molecule has 0 radical (unpaired) electrons. The number of thiocarbonyl (C=S) groups is 1. The Kier molecular flexibility index (Phi) is 4.86. The molecule has 1 saturated heterocycles. The van der Waals surface area contributed by atoms with E-state index < -0.39 is 22.5 Å². The summed E-state index contributed by atoms with van der Waals surface area (Å²) in [5, 5.41) is 11.2. The Labute approximate surface area is 194 Å². The molecule has 3 aromatic carbocycles. The van der Waals surface area contributed by atoms with Crippen molar-refractivity contribution in [2.45, 2.75) is 25.1 Å². The van der Waals surface area contributed by atoms with Crippen molar-refractivity contribution in [2.75, 3.05) is 4.90 Å². The van der Waals surface area contributed by atoms with Crippen LogP contribution >= 0.6 is 12.2 Å². The van der Waals surface area contributed by atoms with Crippen molar-refractivity contribution < 1.29 is 18.8 Å². The molecule has 1 amide bonds. The average Bonchev–Trinajstić information content (AvgIpc) is 2.80. The number of carbonyl (C=O) groups is 1. The maximum absolute atomic E-state index is 13.7. The molecular formula is C24H18FN3O4S. The van der Waals surface area contributed by atoms with Crippen molar-refractivity contribution >= 4 is 34.6 Å². The van der Waals surface area contributed by atoms with Crippen LogP contribution in [-0.4, -0.2) is 26.6 Å². The van der Waals surface area contributed by atoms with E-state index in [2.05, 4.69) is 0 Å². The largest absolute Gasteiger partial charge is 0.467 e. The first kappa shape index (κ1) is 21.0. The van der Waals surface area contributed by atoms with E-state index in [9.17, 15) is 19.3 Å². The van der Waals surface area contributed by atoms with Crippen LogP contribution in [0.15, 0.2) is 72.8 Å². The van der Waals surface area contributed by atoms with E-state index in [0.29, 0.717) is 17.9 Å². The topological polar surface area (TPSA) is 75.9 Å². The van der Waals surface area contributed by atoms with Crippen LogP contribution in [0.3, 0.4) is 0 Å². The number of amides is 1. The quantitative estimate of drug-likeness (QED) is 0.301. The Hall–Kier alpha value is -3.85. The van der Waals surface area contributed by atoms with Crippen LogP contribution in [0.2, 0.25) is 0 Å². The highest BCUT2D eigenvalue weighted by atomic mass is 32.1. The maximum atomic E-state index is 13.7. The first-order chi connectivity index (χ1) is 15.8. The second kappa shape index (κ2) is 7.63. The number of rotatable bonds is 3. The van der Waals surface area contributed by atoms with Crippen LogP contribution in [0.4, 0.5) is 15.8 Å². The van der Waals surface area contributed by atoms with E-state index in [4.69, 9.17) is 17.0 Å². The molecule has 166 valence electrons. The van der Waals surface area contributed by atoms with Gasteiger partial charge < -0.3 is 4.74 Å². The van der Waals surface area contributed by atoms with E-state index >= 15 is 0 Å². The van der Waals surface area contributed by atoms with Gasteiger partial charge in [0.05, 0.1) is 11.0 Å². The van der Waals surface area contributed by atoms with Gasteiger partial charge in [-0.15, -0.1) is 0 Å². The first-order valence-corrected chi connectivity index (χ1v) is 10.6. The SMILES string of the molecule is CC12CC(c3ccccc3O1)N(C(=O)c1ccc([N+](=O)[O-])cc1)C(=S)N2c1ccc(F)cc1. The number of carbonyl (C=O) groups excluding carboxylic acids is 1. The summed E-state index contributed by atoms with van der Waals surface area (Å²) in [6.07, 6.45) is 0.417. The summed E-state index contributed by atoms with van der Waals surface area (Å²) < 4.78 is 20.0. The summed E-state index contributed by atoms with van der Waals surface area (Å²) in [5.41, 5.74) is 0.675. The minimum absolute atomic E-state index is 0.107. The second-order valence-electron chi connectivity index (χ2n) is 8.11. The molecule has 5 rings (SSSR count). The fraction of sp³-hybridized carbons (Fsp3) is 0.167. The number of fused-ring (bicyclic) bond motifs is 4. The zero-order valence-corrected chi connectivity index (χ0v) is 18.3. The molecule has 0 N–H and O–H groups in total. The zero-order chi connectivity index (χ0) is 23.3. The number of nitro groups is 1. The fourth-order valence-electron chi connectivity index (χ4n) is 4.47. The Balaban J connectivity index is 1.63. The molecule has 2 aliphatic heterocycles. The monoisotopic (exact) mass is 463 g/mol. The van der Waals surface area contributed by atoms with Crippen LogP contribution in [0.1, 0.15) is 35.3 Å². The van der Waals surface area contributed by atoms with E-state index in [0.717, 1.165) is 5.56 Å². The highest BCUT2D eigenvalue weighted by Gasteiger charge is 2.53. The predicted molar refractivity (Wildman–Crippen MR) is 124 cm³/mol. The molecule has 7 nitrogen and oxygen atoms in total. The third-order valence-corrected chi connectivity index (χ3v) is 6.37. The number of anilines is 1. The Morgan fingerprint density at radius 2 is 1.79 bits per heavy atom. The lowest BCUT2D eigenvalue weighted by Gasteiger charge is -2.55. The third-order valence-electron chi connectivity index (χ3n) is 5.99. The number of halogens is 1. The smallest absolute Gasteiger partial charge is 0.269 e. The van der Waals surface area contributed by atoms with Crippen LogP contribution in [-0.2, 0) is 0 Å². The van der Waals surface area contributed by atoms with Gasteiger partial charge in [-0.25, -0.2) is 4.39 Å². The number of ether oxygens (including phenoxy) is 1. The van der Waals surface area contributed by atoms with Gasteiger partial charge in [0.1, 0.15) is 11.6 Å². The highest BCUT2D eigenvalue weighted by molar-refractivity contribution is 7.80. The molecule has 0 spiro atoms. The van der Waals surface area contributed by atoms with Gasteiger partial charge in [0.2, 0.25) is 0 Å². The summed E-state index contributed by atoms with van der Waals surface area (Å²) in [6.45, 7) is 1.89. The van der Waals surface area contributed by atoms with Crippen molar-refractivity contribution in [1.82, 2.24) is 4.90 Å². The lowest BCUT2D eigenvalue weighted by molar-refractivity contribution is -0.384. The van der Waals surface area contributed by atoms with Gasteiger partial charge in [-0.3, -0.25) is 24.7 Å². The van der Waals surface area contributed by atoms with Gasteiger partial charge in [0.25, 0.3) is 11.6 Å². The first-order valence-electron chi connectivity index (χ1n) is 10.2. The Bertz CT molecular complexity index is 1280. The number of nitro benzene ring substituents is 1. The molecule has 0 saturated carbocycles. The molecule has 9 heteroatoms.